The summed E-state index contributed by atoms with van der Waals surface area (Å²) < 4.78 is 23.5. The molecule has 6 nitrogen and oxygen atoms in total. The predicted octanol–water partition coefficient (Wildman–Crippen LogP) is 2.29. The van der Waals surface area contributed by atoms with Crippen LogP contribution in [0.2, 0.25) is 0 Å². The lowest BCUT2D eigenvalue weighted by molar-refractivity contribution is -0.131. The summed E-state index contributed by atoms with van der Waals surface area (Å²) in [6.45, 7) is 2.48. The van der Waals surface area contributed by atoms with Gasteiger partial charge in [0.25, 0.3) is 0 Å². The molecule has 1 aliphatic heterocycles. The van der Waals surface area contributed by atoms with Gasteiger partial charge in [-0.15, -0.1) is 0 Å². The Balaban J connectivity index is 1.71. The molecule has 0 atom stereocenters. The van der Waals surface area contributed by atoms with E-state index >= 15 is 0 Å². The summed E-state index contributed by atoms with van der Waals surface area (Å²) in [5.74, 6) is -0.175. The number of methoxy groups -OCH3 is 1. The van der Waals surface area contributed by atoms with Crippen LogP contribution in [0.25, 0.3) is 0 Å². The average Bonchev–Trinajstić information content (AvgIpc) is 2.85. The molecule has 0 unspecified atom stereocenters. The van der Waals surface area contributed by atoms with E-state index in [1.165, 1.54) is 13.2 Å². The number of nitrogens with zero attached hydrogens (tertiary/aromatic N) is 2. The normalized spacial score (nSPS) is 14.9. The molecule has 1 heterocycles. The summed E-state index contributed by atoms with van der Waals surface area (Å²) in [5.41, 5.74) is 0. The third-order valence-electron chi connectivity index (χ3n) is 3.91. The number of rotatable bonds is 5. The van der Waals surface area contributed by atoms with E-state index in [0.29, 0.717) is 39.0 Å². The van der Waals surface area contributed by atoms with E-state index in [4.69, 9.17) is 9.47 Å². The van der Waals surface area contributed by atoms with Crippen molar-refractivity contribution in [1.82, 2.24) is 9.80 Å². The van der Waals surface area contributed by atoms with Crippen LogP contribution in [0.3, 0.4) is 0 Å². The Hall–Kier alpha value is -2.31. The minimum absolute atomic E-state index is 0.0267. The quantitative estimate of drug-likeness (QED) is 0.773. The molecule has 1 aliphatic rings. The smallest absolute Gasteiger partial charge is 0.409 e. The van der Waals surface area contributed by atoms with Crippen molar-refractivity contribution in [3.63, 3.8) is 0 Å². The van der Waals surface area contributed by atoms with Gasteiger partial charge in [-0.05, 0) is 25.0 Å². The van der Waals surface area contributed by atoms with Crippen LogP contribution in [-0.2, 0) is 9.53 Å². The highest BCUT2D eigenvalue weighted by atomic mass is 19.1. The molecular formula is C17H23FN2O4. The summed E-state index contributed by atoms with van der Waals surface area (Å²) in [6, 6.07) is 6.20. The van der Waals surface area contributed by atoms with Crippen molar-refractivity contribution < 1.29 is 23.5 Å². The average molecular weight is 338 g/mol. The van der Waals surface area contributed by atoms with Gasteiger partial charge >= 0.3 is 6.09 Å². The van der Waals surface area contributed by atoms with Crippen LogP contribution in [-0.4, -0.2) is 61.7 Å². The fourth-order valence-corrected chi connectivity index (χ4v) is 2.60. The number of halogens is 1. The number of ether oxygens (including phenoxy) is 2. The number of benzene rings is 1. The van der Waals surface area contributed by atoms with Crippen molar-refractivity contribution in [2.75, 3.05) is 39.9 Å². The summed E-state index contributed by atoms with van der Waals surface area (Å²) in [7, 11) is 1.35. The number of hydrogen-bond acceptors (Lipinski definition) is 4. The number of hydrogen-bond donors (Lipinski definition) is 0. The van der Waals surface area contributed by atoms with Crippen molar-refractivity contribution in [2.24, 2.45) is 0 Å². The first-order valence-corrected chi connectivity index (χ1v) is 8.10. The molecule has 0 aromatic heterocycles. The van der Waals surface area contributed by atoms with E-state index < -0.39 is 5.82 Å². The van der Waals surface area contributed by atoms with E-state index in [0.717, 1.165) is 6.42 Å². The van der Waals surface area contributed by atoms with Gasteiger partial charge in [-0.3, -0.25) is 4.79 Å². The highest BCUT2D eigenvalue weighted by Crippen LogP contribution is 2.16. The van der Waals surface area contributed by atoms with Gasteiger partial charge in [-0.2, -0.15) is 0 Å². The number of carbonyl (C=O) groups is 2. The second-order valence-electron chi connectivity index (χ2n) is 5.57. The molecular weight excluding hydrogens is 315 g/mol. The van der Waals surface area contributed by atoms with Gasteiger partial charge in [-0.25, -0.2) is 9.18 Å². The standard InChI is InChI=1S/C17H23FN2O4/c1-23-17(22)20-10-5-9-19(11-12-20)16(21)8-4-13-24-15-7-3-2-6-14(15)18/h2-3,6-7H,4-5,8-13H2,1H3. The maximum atomic E-state index is 13.4. The molecule has 0 radical (unpaired) electrons. The largest absolute Gasteiger partial charge is 0.491 e. The van der Waals surface area contributed by atoms with Crippen LogP contribution in [0.1, 0.15) is 19.3 Å². The minimum Gasteiger partial charge on any atom is -0.491 e. The Morgan fingerprint density at radius 1 is 1.12 bits per heavy atom. The second-order valence-corrected chi connectivity index (χ2v) is 5.57. The Kier molecular flexibility index (Phi) is 6.84. The Morgan fingerprint density at radius 2 is 1.83 bits per heavy atom. The molecule has 0 bridgehead atoms. The fraction of sp³-hybridized carbons (Fsp3) is 0.529. The maximum absolute atomic E-state index is 13.4. The molecule has 1 saturated heterocycles. The van der Waals surface area contributed by atoms with E-state index in [1.807, 2.05) is 0 Å². The fourth-order valence-electron chi connectivity index (χ4n) is 2.60. The highest BCUT2D eigenvalue weighted by Gasteiger charge is 2.21. The van der Waals surface area contributed by atoms with Crippen molar-refractivity contribution in [1.29, 1.82) is 0 Å². The maximum Gasteiger partial charge on any atom is 0.409 e. The first kappa shape index (κ1) is 18.0. The predicted molar refractivity (Wildman–Crippen MR) is 86.3 cm³/mol. The molecule has 24 heavy (non-hydrogen) atoms. The number of carbonyl (C=O) groups excluding carboxylic acids is 2. The zero-order chi connectivity index (χ0) is 17.4. The van der Waals surface area contributed by atoms with Crippen LogP contribution in [0.4, 0.5) is 9.18 Å². The monoisotopic (exact) mass is 338 g/mol. The first-order chi connectivity index (χ1) is 11.6. The van der Waals surface area contributed by atoms with E-state index in [9.17, 15) is 14.0 Å². The molecule has 7 heteroatoms. The van der Waals surface area contributed by atoms with Gasteiger partial charge in [-0.1, -0.05) is 12.1 Å². The van der Waals surface area contributed by atoms with E-state index in [2.05, 4.69) is 0 Å². The lowest BCUT2D eigenvalue weighted by Crippen LogP contribution is -2.37. The van der Waals surface area contributed by atoms with Gasteiger partial charge in [0.05, 0.1) is 13.7 Å². The topological polar surface area (TPSA) is 59.1 Å². The van der Waals surface area contributed by atoms with Crippen LogP contribution < -0.4 is 4.74 Å². The van der Waals surface area contributed by atoms with Gasteiger partial charge in [0.15, 0.2) is 11.6 Å². The summed E-state index contributed by atoms with van der Waals surface area (Å²) in [6.07, 6.45) is 1.23. The Morgan fingerprint density at radius 3 is 2.58 bits per heavy atom. The SMILES string of the molecule is COC(=O)N1CCCN(C(=O)CCCOc2ccccc2F)CC1. The molecule has 0 spiro atoms. The zero-order valence-corrected chi connectivity index (χ0v) is 13.9. The molecule has 2 rings (SSSR count). The third-order valence-corrected chi connectivity index (χ3v) is 3.91. The van der Waals surface area contributed by atoms with Crippen molar-refractivity contribution in [2.45, 2.75) is 19.3 Å². The van der Waals surface area contributed by atoms with Crippen LogP contribution in [0.15, 0.2) is 24.3 Å². The summed E-state index contributed by atoms with van der Waals surface area (Å²) in [5, 5.41) is 0. The van der Waals surface area contributed by atoms with Crippen LogP contribution in [0.5, 0.6) is 5.75 Å². The molecule has 1 aromatic carbocycles. The van der Waals surface area contributed by atoms with Crippen molar-refractivity contribution in [3.8, 4) is 5.75 Å². The number of para-hydroxylation sites is 1. The molecule has 0 aliphatic carbocycles. The van der Waals surface area contributed by atoms with E-state index in [1.54, 1.807) is 28.0 Å². The third kappa shape index (κ3) is 5.11. The molecule has 132 valence electrons. The van der Waals surface area contributed by atoms with Crippen LogP contribution in [0, 0.1) is 5.82 Å². The van der Waals surface area contributed by atoms with Crippen LogP contribution >= 0.6 is 0 Å². The highest BCUT2D eigenvalue weighted by molar-refractivity contribution is 5.76. The van der Waals surface area contributed by atoms with Gasteiger partial charge in [0.2, 0.25) is 5.91 Å². The van der Waals surface area contributed by atoms with Gasteiger partial charge in [0.1, 0.15) is 0 Å². The Labute approximate surface area is 141 Å². The Bertz CT molecular complexity index is 567. The summed E-state index contributed by atoms with van der Waals surface area (Å²) >= 11 is 0. The zero-order valence-electron chi connectivity index (χ0n) is 13.9. The summed E-state index contributed by atoms with van der Waals surface area (Å²) in [4.78, 5) is 27.1. The lowest BCUT2D eigenvalue weighted by atomic mass is 10.2. The van der Waals surface area contributed by atoms with E-state index in [-0.39, 0.29) is 24.4 Å². The second kappa shape index (κ2) is 9.10. The molecule has 1 aromatic rings. The van der Waals surface area contributed by atoms with Crippen molar-refractivity contribution >= 4 is 12.0 Å². The van der Waals surface area contributed by atoms with Crippen molar-refractivity contribution in [3.05, 3.63) is 30.1 Å². The van der Waals surface area contributed by atoms with Gasteiger partial charge in [0, 0.05) is 32.6 Å². The number of amides is 2. The van der Waals surface area contributed by atoms with Gasteiger partial charge < -0.3 is 19.3 Å². The first-order valence-electron chi connectivity index (χ1n) is 8.10. The molecule has 1 fully saturated rings. The lowest BCUT2D eigenvalue weighted by Gasteiger charge is -2.21. The molecule has 0 saturated carbocycles. The molecule has 2 amide bonds. The minimum atomic E-state index is -0.403. The molecule has 0 N–H and O–H groups in total.